The van der Waals surface area contributed by atoms with Gasteiger partial charge in [0.1, 0.15) is 0 Å². The predicted octanol–water partition coefficient (Wildman–Crippen LogP) is 5.57. The molecule has 1 nitrogen and oxygen atoms in total. The van der Waals surface area contributed by atoms with Gasteiger partial charge in [-0.15, -0.1) is 12.3 Å². The minimum atomic E-state index is 0.126. The summed E-state index contributed by atoms with van der Waals surface area (Å²) < 4.78 is 0. The maximum Gasteiger partial charge on any atom is 0.178 e. The van der Waals surface area contributed by atoms with E-state index in [9.17, 15) is 4.79 Å². The molecule has 4 unspecified atom stereocenters. The summed E-state index contributed by atoms with van der Waals surface area (Å²) in [6.07, 6.45) is 20.4. The summed E-state index contributed by atoms with van der Waals surface area (Å²) in [5.41, 5.74) is 2.00. The van der Waals surface area contributed by atoms with Gasteiger partial charge in [0.15, 0.2) is 5.78 Å². The van der Waals surface area contributed by atoms with Crippen LogP contribution in [0.3, 0.4) is 0 Å². The van der Waals surface area contributed by atoms with Gasteiger partial charge in [0, 0.05) is 11.8 Å². The van der Waals surface area contributed by atoms with Crippen molar-refractivity contribution in [3.63, 3.8) is 0 Å². The van der Waals surface area contributed by atoms with Gasteiger partial charge < -0.3 is 0 Å². The molecule has 134 valence electrons. The Morgan fingerprint density at radius 3 is 2.80 bits per heavy atom. The van der Waals surface area contributed by atoms with E-state index in [-0.39, 0.29) is 11.2 Å². The lowest BCUT2D eigenvalue weighted by molar-refractivity contribution is -0.111. The fourth-order valence-electron chi connectivity index (χ4n) is 7.50. The highest BCUT2D eigenvalue weighted by molar-refractivity contribution is 6.01. The molecule has 1 heteroatoms. The number of rotatable bonds is 2. The Bertz CT molecular complexity index is 677. The van der Waals surface area contributed by atoms with E-state index in [0.717, 1.165) is 36.5 Å². The molecular weight excluding hydrogens is 304 g/mol. The summed E-state index contributed by atoms with van der Waals surface area (Å²) in [5.74, 6) is 6.94. The smallest absolute Gasteiger partial charge is 0.178 e. The van der Waals surface area contributed by atoms with Gasteiger partial charge in [-0.3, -0.25) is 4.79 Å². The fourth-order valence-corrected chi connectivity index (χ4v) is 7.50. The standard InChI is InChI=1S/C24H32O/c1-5-6-16(2)20-9-10-21-19-8-7-17-15-18(25)11-13-23(17,3)22(19)12-14-24(20,21)4/h1,11,13,15-16,19-22H,6-10,12,14H2,2-4H3/t16?,19?,20-,21?,22?,23+,24-/m1/s1. The number of terminal acetylenes is 1. The van der Waals surface area contributed by atoms with Crippen LogP contribution in [-0.2, 0) is 4.79 Å². The third-order valence-electron chi connectivity index (χ3n) is 8.76. The molecule has 0 aromatic rings. The van der Waals surface area contributed by atoms with Crippen LogP contribution >= 0.6 is 0 Å². The molecule has 25 heavy (non-hydrogen) atoms. The van der Waals surface area contributed by atoms with Crippen LogP contribution in [0.1, 0.15) is 65.7 Å². The van der Waals surface area contributed by atoms with E-state index in [1.54, 1.807) is 0 Å². The summed E-state index contributed by atoms with van der Waals surface area (Å²) in [7, 11) is 0. The largest absolute Gasteiger partial charge is 0.290 e. The highest BCUT2D eigenvalue weighted by atomic mass is 16.1. The minimum absolute atomic E-state index is 0.126. The van der Waals surface area contributed by atoms with Crippen molar-refractivity contribution in [2.45, 2.75) is 65.7 Å². The topological polar surface area (TPSA) is 17.1 Å². The summed E-state index contributed by atoms with van der Waals surface area (Å²) in [4.78, 5) is 11.9. The van der Waals surface area contributed by atoms with E-state index in [0.29, 0.717) is 11.3 Å². The van der Waals surface area contributed by atoms with E-state index in [2.05, 4.69) is 32.8 Å². The molecule has 0 aromatic heterocycles. The SMILES string of the molecule is C#CCC(C)[C@H]1CCC2C3CCC4=CC(=O)C=C[C@]4(C)C3CC[C@@]21C. The zero-order valence-electron chi connectivity index (χ0n) is 16.1. The zero-order valence-corrected chi connectivity index (χ0v) is 16.1. The van der Waals surface area contributed by atoms with Crippen LogP contribution < -0.4 is 0 Å². The van der Waals surface area contributed by atoms with Crippen LogP contribution in [0.25, 0.3) is 0 Å². The second kappa shape index (κ2) is 5.87. The summed E-state index contributed by atoms with van der Waals surface area (Å²) in [6, 6.07) is 0. The maximum absolute atomic E-state index is 11.9. The third-order valence-corrected chi connectivity index (χ3v) is 8.76. The van der Waals surface area contributed by atoms with Crippen LogP contribution in [0.5, 0.6) is 0 Å². The van der Waals surface area contributed by atoms with E-state index in [1.807, 2.05) is 12.2 Å². The van der Waals surface area contributed by atoms with Crippen molar-refractivity contribution < 1.29 is 4.79 Å². The first-order valence-electron chi connectivity index (χ1n) is 10.3. The summed E-state index contributed by atoms with van der Waals surface area (Å²) in [6.45, 7) is 7.35. The Labute approximate surface area is 153 Å². The average Bonchev–Trinajstić information content (AvgIpc) is 2.93. The molecule has 0 N–H and O–H groups in total. The highest BCUT2D eigenvalue weighted by Gasteiger charge is 2.58. The lowest BCUT2D eigenvalue weighted by Crippen LogP contribution is -2.50. The van der Waals surface area contributed by atoms with Crippen molar-refractivity contribution in [3.05, 3.63) is 23.8 Å². The van der Waals surface area contributed by atoms with Crippen molar-refractivity contribution in [3.8, 4) is 12.3 Å². The molecular formula is C24H32O. The first kappa shape index (κ1) is 17.1. The normalized spacial score (nSPS) is 46.5. The monoisotopic (exact) mass is 336 g/mol. The summed E-state index contributed by atoms with van der Waals surface area (Å²) >= 11 is 0. The second-order valence-electron chi connectivity index (χ2n) is 9.72. The van der Waals surface area contributed by atoms with Gasteiger partial charge in [0.2, 0.25) is 0 Å². The van der Waals surface area contributed by atoms with Crippen LogP contribution in [0, 0.1) is 52.8 Å². The number of hydrogen-bond acceptors (Lipinski definition) is 1. The molecule has 4 aliphatic rings. The van der Waals surface area contributed by atoms with Gasteiger partial charge in [-0.2, -0.15) is 0 Å². The molecule has 4 rings (SSSR count). The molecule has 4 aliphatic carbocycles. The van der Waals surface area contributed by atoms with Crippen molar-refractivity contribution in [1.29, 1.82) is 0 Å². The molecule has 0 heterocycles. The van der Waals surface area contributed by atoms with Crippen LogP contribution in [-0.4, -0.2) is 5.78 Å². The Balaban J connectivity index is 1.63. The molecule has 3 saturated carbocycles. The molecule has 0 radical (unpaired) electrons. The molecule has 0 saturated heterocycles. The highest BCUT2D eigenvalue weighted by Crippen LogP contribution is 2.67. The van der Waals surface area contributed by atoms with Gasteiger partial charge in [0.05, 0.1) is 0 Å². The quantitative estimate of drug-likeness (QED) is 0.602. The van der Waals surface area contributed by atoms with Gasteiger partial charge in [-0.1, -0.05) is 32.4 Å². The third kappa shape index (κ3) is 2.40. The van der Waals surface area contributed by atoms with E-state index in [4.69, 9.17) is 6.42 Å². The number of allylic oxidation sites excluding steroid dienone is 4. The van der Waals surface area contributed by atoms with E-state index < -0.39 is 0 Å². The number of hydrogen-bond donors (Lipinski definition) is 0. The molecule has 7 atom stereocenters. The van der Waals surface area contributed by atoms with Crippen molar-refractivity contribution in [1.82, 2.24) is 0 Å². The van der Waals surface area contributed by atoms with Crippen molar-refractivity contribution in [2.75, 3.05) is 0 Å². The number of ketones is 1. The van der Waals surface area contributed by atoms with E-state index in [1.165, 1.54) is 37.7 Å². The first-order valence-corrected chi connectivity index (χ1v) is 10.3. The first-order chi connectivity index (χ1) is 11.9. The molecule has 0 aromatic carbocycles. The Hall–Kier alpha value is -1.29. The second-order valence-corrected chi connectivity index (χ2v) is 9.72. The van der Waals surface area contributed by atoms with Gasteiger partial charge in [-0.05, 0) is 85.7 Å². The van der Waals surface area contributed by atoms with Gasteiger partial charge in [-0.25, -0.2) is 0 Å². The average molecular weight is 337 g/mol. The van der Waals surface area contributed by atoms with E-state index >= 15 is 0 Å². The number of carbonyl (C=O) groups excluding carboxylic acids is 1. The fraction of sp³-hybridized carbons (Fsp3) is 0.708. The predicted molar refractivity (Wildman–Crippen MR) is 103 cm³/mol. The zero-order chi connectivity index (χ0) is 17.8. The Morgan fingerprint density at radius 2 is 2.04 bits per heavy atom. The van der Waals surface area contributed by atoms with Gasteiger partial charge in [0.25, 0.3) is 0 Å². The van der Waals surface area contributed by atoms with Gasteiger partial charge >= 0.3 is 0 Å². The van der Waals surface area contributed by atoms with Crippen molar-refractivity contribution >= 4 is 5.78 Å². The lowest BCUT2D eigenvalue weighted by Gasteiger charge is -2.57. The summed E-state index contributed by atoms with van der Waals surface area (Å²) in [5, 5.41) is 0. The van der Waals surface area contributed by atoms with Crippen molar-refractivity contribution in [2.24, 2.45) is 40.4 Å². The number of carbonyl (C=O) groups is 1. The minimum Gasteiger partial charge on any atom is -0.290 e. The molecule has 0 bridgehead atoms. The Morgan fingerprint density at radius 1 is 1.24 bits per heavy atom. The molecule has 3 fully saturated rings. The number of fused-ring (bicyclic) bond motifs is 5. The maximum atomic E-state index is 11.9. The molecule has 0 spiro atoms. The van der Waals surface area contributed by atoms with Crippen LogP contribution in [0.15, 0.2) is 23.8 Å². The lowest BCUT2D eigenvalue weighted by atomic mass is 9.47. The molecule has 0 aliphatic heterocycles. The molecule has 0 amide bonds. The van der Waals surface area contributed by atoms with Crippen LogP contribution in [0.2, 0.25) is 0 Å². The Kier molecular flexibility index (Phi) is 4.02. The van der Waals surface area contributed by atoms with Crippen LogP contribution in [0.4, 0.5) is 0 Å².